The van der Waals surface area contributed by atoms with Crippen LogP contribution in [0.4, 0.5) is 11.4 Å². The SMILES string of the molecule is C=Nc1ccc([I-]2(c3ccc(NC)cc3)c3ccccc3-c3ccccc32)cc1. The molecule has 144 valence electrons. The van der Waals surface area contributed by atoms with Crippen molar-refractivity contribution in [3.63, 3.8) is 0 Å². The van der Waals surface area contributed by atoms with E-state index in [2.05, 4.69) is 114 Å². The van der Waals surface area contributed by atoms with Gasteiger partial charge in [0.15, 0.2) is 0 Å². The molecular weight excluding hydrogens is 467 g/mol. The quantitative estimate of drug-likeness (QED) is 0.305. The van der Waals surface area contributed by atoms with E-state index < -0.39 is 18.4 Å². The van der Waals surface area contributed by atoms with Gasteiger partial charge in [-0.05, 0) is 0 Å². The number of aliphatic imine (C=N–C) groups is 1. The third-order valence-electron chi connectivity index (χ3n) is 5.45. The van der Waals surface area contributed by atoms with Gasteiger partial charge in [-0.3, -0.25) is 0 Å². The molecule has 4 aromatic carbocycles. The fraction of sp³-hybridized carbons (Fsp3) is 0.0385. The van der Waals surface area contributed by atoms with Crippen LogP contribution in [0.2, 0.25) is 0 Å². The van der Waals surface area contributed by atoms with Gasteiger partial charge in [0, 0.05) is 0 Å². The minimum atomic E-state index is -2.99. The average molecular weight is 489 g/mol. The predicted molar refractivity (Wildman–Crippen MR) is 118 cm³/mol. The molecule has 0 bridgehead atoms. The maximum absolute atomic E-state index is 4.11. The molecular formula is C26H22IN2-. The molecule has 0 atom stereocenters. The van der Waals surface area contributed by atoms with E-state index in [1.807, 2.05) is 7.05 Å². The zero-order valence-electron chi connectivity index (χ0n) is 16.3. The van der Waals surface area contributed by atoms with Crippen molar-refractivity contribution in [1.29, 1.82) is 0 Å². The van der Waals surface area contributed by atoms with Crippen LogP contribution in [-0.4, -0.2) is 13.8 Å². The van der Waals surface area contributed by atoms with Crippen molar-refractivity contribution in [2.45, 2.75) is 0 Å². The van der Waals surface area contributed by atoms with Gasteiger partial charge < -0.3 is 0 Å². The molecule has 29 heavy (non-hydrogen) atoms. The van der Waals surface area contributed by atoms with Gasteiger partial charge in [-0.2, -0.15) is 0 Å². The molecule has 0 saturated carbocycles. The summed E-state index contributed by atoms with van der Waals surface area (Å²) in [6.45, 7) is 3.68. The Morgan fingerprint density at radius 3 is 1.62 bits per heavy atom. The van der Waals surface area contributed by atoms with E-state index in [4.69, 9.17) is 0 Å². The molecule has 2 nitrogen and oxygen atoms in total. The number of anilines is 1. The monoisotopic (exact) mass is 489 g/mol. The standard InChI is InChI=1S/C26H22IN2/c1-28-21-15-11-19(12-16-21)27(20-13-17-22(29-2)18-14-20)25-9-5-3-7-23(25)24-8-4-6-10-26(24)27/h3-18,29H,1H2,2H3/q-1. The second kappa shape index (κ2) is 7.16. The Kier molecular flexibility index (Phi) is 4.47. The summed E-state index contributed by atoms with van der Waals surface area (Å²) in [6, 6.07) is 35.7. The molecule has 1 aliphatic rings. The first-order valence-corrected chi connectivity index (χ1v) is 13.9. The summed E-state index contributed by atoms with van der Waals surface area (Å²) in [5, 5.41) is 3.25. The molecule has 5 rings (SSSR count). The zero-order valence-corrected chi connectivity index (χ0v) is 18.4. The maximum atomic E-state index is 4.11. The summed E-state index contributed by atoms with van der Waals surface area (Å²) in [6.07, 6.45) is 0. The Hall–Kier alpha value is -2.92. The topological polar surface area (TPSA) is 24.4 Å². The van der Waals surface area contributed by atoms with Crippen LogP contribution < -0.4 is 23.8 Å². The van der Waals surface area contributed by atoms with Crippen molar-refractivity contribution in [2.24, 2.45) is 4.99 Å². The fourth-order valence-corrected chi connectivity index (χ4v) is 15.2. The van der Waals surface area contributed by atoms with Crippen molar-refractivity contribution in [2.75, 3.05) is 12.4 Å². The first-order chi connectivity index (χ1) is 14.3. The van der Waals surface area contributed by atoms with Gasteiger partial charge in [0.25, 0.3) is 0 Å². The van der Waals surface area contributed by atoms with Gasteiger partial charge in [-0.25, -0.2) is 0 Å². The molecule has 0 aliphatic carbocycles. The molecule has 0 amide bonds. The third-order valence-corrected chi connectivity index (χ3v) is 16.0. The number of hydrogen-bond acceptors (Lipinski definition) is 2. The van der Waals surface area contributed by atoms with E-state index in [0.717, 1.165) is 11.4 Å². The summed E-state index contributed by atoms with van der Waals surface area (Å²) in [5.74, 6) is 0. The summed E-state index contributed by atoms with van der Waals surface area (Å²) in [7, 11) is 1.97. The van der Waals surface area contributed by atoms with E-state index in [1.54, 1.807) is 0 Å². The molecule has 0 saturated heterocycles. The number of fused-ring (bicyclic) bond motifs is 3. The average Bonchev–Trinajstić information content (AvgIpc) is 3.11. The van der Waals surface area contributed by atoms with Crippen LogP contribution >= 0.6 is 0 Å². The van der Waals surface area contributed by atoms with Gasteiger partial charge in [-0.1, -0.05) is 0 Å². The van der Waals surface area contributed by atoms with Crippen molar-refractivity contribution in [3.8, 4) is 11.1 Å². The third kappa shape index (κ3) is 2.64. The molecule has 0 spiro atoms. The summed E-state index contributed by atoms with van der Waals surface area (Å²) >= 11 is -2.99. The Morgan fingerprint density at radius 2 is 1.14 bits per heavy atom. The number of nitrogens with zero attached hydrogens (tertiary/aromatic N) is 1. The number of rotatable bonds is 4. The van der Waals surface area contributed by atoms with E-state index >= 15 is 0 Å². The number of nitrogens with one attached hydrogen (secondary N) is 1. The molecule has 1 N–H and O–H groups in total. The van der Waals surface area contributed by atoms with Crippen LogP contribution in [0.3, 0.4) is 0 Å². The summed E-state index contributed by atoms with van der Waals surface area (Å²) in [5.41, 5.74) is 4.80. The first kappa shape index (κ1) is 18.1. The van der Waals surface area contributed by atoms with Gasteiger partial charge in [0.05, 0.1) is 0 Å². The van der Waals surface area contributed by atoms with Crippen molar-refractivity contribution in [3.05, 3.63) is 111 Å². The number of halogens is 1. The molecule has 4 aromatic rings. The predicted octanol–water partition coefficient (Wildman–Crippen LogP) is 2.98. The van der Waals surface area contributed by atoms with Gasteiger partial charge in [0.2, 0.25) is 0 Å². The molecule has 1 heterocycles. The number of benzene rings is 4. The minimum absolute atomic E-state index is 0.912. The van der Waals surface area contributed by atoms with Crippen LogP contribution in [0.25, 0.3) is 11.1 Å². The van der Waals surface area contributed by atoms with Gasteiger partial charge in [0.1, 0.15) is 0 Å². The Balaban J connectivity index is 1.89. The van der Waals surface area contributed by atoms with E-state index in [0.29, 0.717) is 0 Å². The fourth-order valence-electron chi connectivity index (χ4n) is 4.10. The Labute approximate surface area is 175 Å². The van der Waals surface area contributed by atoms with Crippen LogP contribution in [-0.2, 0) is 0 Å². The van der Waals surface area contributed by atoms with Crippen LogP contribution in [0.5, 0.6) is 0 Å². The number of hydrogen-bond donors (Lipinski definition) is 1. The van der Waals surface area contributed by atoms with Crippen LogP contribution in [0.15, 0.2) is 102 Å². The van der Waals surface area contributed by atoms with Crippen molar-refractivity contribution in [1.82, 2.24) is 0 Å². The molecule has 3 heteroatoms. The second-order valence-corrected chi connectivity index (χ2v) is 15.0. The van der Waals surface area contributed by atoms with Crippen LogP contribution in [0.1, 0.15) is 0 Å². The normalized spacial score (nSPS) is 14.5. The Bertz CT molecular complexity index is 1150. The van der Waals surface area contributed by atoms with Gasteiger partial charge >= 0.3 is 176 Å². The summed E-state index contributed by atoms with van der Waals surface area (Å²) < 4.78 is 5.85. The zero-order chi connectivity index (χ0) is 19.8. The van der Waals surface area contributed by atoms with E-state index in [1.165, 1.54) is 25.4 Å². The molecule has 0 aromatic heterocycles. The second-order valence-electron chi connectivity index (χ2n) is 6.92. The molecule has 1 aliphatic heterocycles. The van der Waals surface area contributed by atoms with E-state index in [-0.39, 0.29) is 0 Å². The van der Waals surface area contributed by atoms with Crippen molar-refractivity contribution >= 4 is 18.1 Å². The Morgan fingerprint density at radius 1 is 0.655 bits per heavy atom. The molecule has 0 fully saturated rings. The molecule has 0 radical (unpaired) electrons. The van der Waals surface area contributed by atoms with E-state index in [9.17, 15) is 0 Å². The first-order valence-electron chi connectivity index (χ1n) is 9.59. The summed E-state index contributed by atoms with van der Waals surface area (Å²) in [4.78, 5) is 4.11. The van der Waals surface area contributed by atoms with Crippen LogP contribution in [0, 0.1) is 14.3 Å². The van der Waals surface area contributed by atoms with Crippen molar-refractivity contribution < 1.29 is 18.4 Å². The molecule has 0 unspecified atom stereocenters. The van der Waals surface area contributed by atoms with Gasteiger partial charge in [-0.15, -0.1) is 0 Å².